The molecule has 0 saturated heterocycles. The van der Waals surface area contributed by atoms with Crippen molar-refractivity contribution < 1.29 is 19.4 Å². The van der Waals surface area contributed by atoms with Crippen molar-refractivity contribution in [3.8, 4) is 5.75 Å². The molecular formula is C14H19BrN2O4. The van der Waals surface area contributed by atoms with Gasteiger partial charge in [-0.2, -0.15) is 0 Å². The molecular weight excluding hydrogens is 340 g/mol. The first-order valence-corrected chi connectivity index (χ1v) is 7.42. The van der Waals surface area contributed by atoms with Crippen molar-refractivity contribution in [3.05, 3.63) is 28.7 Å². The van der Waals surface area contributed by atoms with E-state index < -0.39 is 5.97 Å². The molecule has 0 aliphatic carbocycles. The molecule has 1 unspecified atom stereocenters. The van der Waals surface area contributed by atoms with Crippen LogP contribution in [0.1, 0.15) is 19.8 Å². The van der Waals surface area contributed by atoms with E-state index in [1.165, 1.54) is 0 Å². The maximum absolute atomic E-state index is 11.5. The number of hydrogen-bond acceptors (Lipinski definition) is 3. The van der Waals surface area contributed by atoms with E-state index >= 15 is 0 Å². The number of amides is 2. The van der Waals surface area contributed by atoms with Crippen LogP contribution in [0.25, 0.3) is 0 Å². The first-order valence-electron chi connectivity index (χ1n) is 6.63. The number of aliphatic carboxylic acids is 1. The normalized spacial score (nSPS) is 11.5. The van der Waals surface area contributed by atoms with Gasteiger partial charge in [-0.15, -0.1) is 0 Å². The fourth-order valence-electron chi connectivity index (χ4n) is 1.53. The summed E-state index contributed by atoms with van der Waals surface area (Å²) in [6.45, 7) is 2.55. The number of carbonyl (C=O) groups excluding carboxylic acids is 1. The number of halogens is 1. The molecule has 116 valence electrons. The number of hydrogen-bond donors (Lipinski definition) is 3. The summed E-state index contributed by atoms with van der Waals surface area (Å²) >= 11 is 3.34. The van der Waals surface area contributed by atoms with E-state index in [4.69, 9.17) is 9.84 Å². The van der Waals surface area contributed by atoms with Crippen LogP contribution in [0.2, 0.25) is 0 Å². The lowest BCUT2D eigenvalue weighted by Gasteiger charge is -2.15. The number of nitrogens with one attached hydrogen (secondary N) is 2. The molecule has 3 N–H and O–H groups in total. The van der Waals surface area contributed by atoms with Crippen molar-refractivity contribution in [2.75, 3.05) is 13.1 Å². The zero-order chi connectivity index (χ0) is 15.7. The predicted molar refractivity (Wildman–Crippen MR) is 82.5 cm³/mol. The van der Waals surface area contributed by atoms with E-state index in [-0.39, 0.29) is 18.6 Å². The van der Waals surface area contributed by atoms with Crippen molar-refractivity contribution in [2.24, 2.45) is 0 Å². The molecule has 6 nitrogen and oxygen atoms in total. The number of ether oxygens (including phenoxy) is 1. The third-order valence-corrected chi connectivity index (χ3v) is 3.08. The minimum Gasteiger partial charge on any atom is -0.489 e. The van der Waals surface area contributed by atoms with Crippen molar-refractivity contribution in [1.29, 1.82) is 0 Å². The SMILES string of the molecule is CC(CNC(=O)NCCCC(=O)O)Oc1ccc(Br)cc1. The molecule has 1 aromatic carbocycles. The van der Waals surface area contributed by atoms with Crippen molar-refractivity contribution in [1.82, 2.24) is 10.6 Å². The van der Waals surface area contributed by atoms with Crippen LogP contribution in [0, 0.1) is 0 Å². The molecule has 0 aliphatic heterocycles. The third kappa shape index (κ3) is 8.19. The first kappa shape index (κ1) is 17.3. The van der Waals surface area contributed by atoms with Gasteiger partial charge < -0.3 is 20.5 Å². The highest BCUT2D eigenvalue weighted by atomic mass is 79.9. The topological polar surface area (TPSA) is 87.7 Å². The summed E-state index contributed by atoms with van der Waals surface area (Å²) in [5.74, 6) is -0.136. The second-order valence-corrected chi connectivity index (χ2v) is 5.43. The molecule has 0 heterocycles. The van der Waals surface area contributed by atoms with E-state index in [1.54, 1.807) is 0 Å². The van der Waals surface area contributed by atoms with E-state index in [2.05, 4.69) is 26.6 Å². The molecule has 2 amide bonds. The van der Waals surface area contributed by atoms with Crippen LogP contribution in [0.3, 0.4) is 0 Å². The van der Waals surface area contributed by atoms with Crippen molar-refractivity contribution in [3.63, 3.8) is 0 Å². The largest absolute Gasteiger partial charge is 0.489 e. The number of benzene rings is 1. The molecule has 0 spiro atoms. The first-order chi connectivity index (χ1) is 9.97. The minimum atomic E-state index is -0.867. The van der Waals surface area contributed by atoms with Crippen LogP contribution in [0.4, 0.5) is 4.79 Å². The Balaban J connectivity index is 2.17. The summed E-state index contributed by atoms with van der Waals surface area (Å²) in [6.07, 6.45) is 0.285. The van der Waals surface area contributed by atoms with E-state index in [0.717, 1.165) is 10.2 Å². The quantitative estimate of drug-likeness (QED) is 0.622. The predicted octanol–water partition coefficient (Wildman–Crippen LogP) is 2.38. The van der Waals surface area contributed by atoms with Crippen LogP contribution >= 0.6 is 15.9 Å². The molecule has 0 saturated carbocycles. The minimum absolute atomic E-state index is 0.0450. The average Bonchev–Trinajstić information content (AvgIpc) is 2.44. The highest BCUT2D eigenvalue weighted by Crippen LogP contribution is 2.17. The molecule has 0 radical (unpaired) electrons. The Morgan fingerprint density at radius 1 is 1.29 bits per heavy atom. The van der Waals surface area contributed by atoms with Gasteiger partial charge in [-0.1, -0.05) is 15.9 Å². The van der Waals surface area contributed by atoms with Crippen molar-refractivity contribution in [2.45, 2.75) is 25.9 Å². The van der Waals surface area contributed by atoms with E-state index in [0.29, 0.717) is 19.5 Å². The molecule has 0 fully saturated rings. The molecule has 0 aliphatic rings. The summed E-state index contributed by atoms with van der Waals surface area (Å²) in [5, 5.41) is 13.7. The second-order valence-electron chi connectivity index (χ2n) is 4.52. The lowest BCUT2D eigenvalue weighted by molar-refractivity contribution is -0.137. The maximum atomic E-state index is 11.5. The molecule has 7 heteroatoms. The smallest absolute Gasteiger partial charge is 0.314 e. The molecule has 1 rings (SSSR count). The standard InChI is InChI=1S/C14H19BrN2O4/c1-10(21-12-6-4-11(15)5-7-12)9-17-14(20)16-8-2-3-13(18)19/h4-7,10H,2-3,8-9H2,1H3,(H,18,19)(H2,16,17,20). The maximum Gasteiger partial charge on any atom is 0.314 e. The van der Waals surface area contributed by atoms with Gasteiger partial charge in [0.2, 0.25) is 0 Å². The fraction of sp³-hybridized carbons (Fsp3) is 0.429. The molecule has 0 bridgehead atoms. The van der Waals surface area contributed by atoms with Crippen molar-refractivity contribution >= 4 is 27.9 Å². The molecule has 0 aromatic heterocycles. The van der Waals surface area contributed by atoms with Gasteiger partial charge in [0.1, 0.15) is 11.9 Å². The summed E-state index contributed by atoms with van der Waals surface area (Å²) in [5.41, 5.74) is 0. The number of carbonyl (C=O) groups is 2. The van der Waals surface area contributed by atoms with Gasteiger partial charge in [0.15, 0.2) is 0 Å². The van der Waals surface area contributed by atoms with Gasteiger partial charge in [-0.05, 0) is 37.6 Å². The third-order valence-electron chi connectivity index (χ3n) is 2.55. The van der Waals surface area contributed by atoms with Gasteiger partial charge in [-0.3, -0.25) is 4.79 Å². The highest BCUT2D eigenvalue weighted by Gasteiger charge is 2.07. The Bertz CT molecular complexity index is 465. The van der Waals surface area contributed by atoms with Crippen LogP contribution in [0.5, 0.6) is 5.75 Å². The number of rotatable bonds is 8. The zero-order valence-corrected chi connectivity index (χ0v) is 13.4. The average molecular weight is 359 g/mol. The van der Waals surface area contributed by atoms with Gasteiger partial charge in [0.05, 0.1) is 6.54 Å². The Morgan fingerprint density at radius 3 is 2.57 bits per heavy atom. The van der Waals surface area contributed by atoms with Gasteiger partial charge in [0, 0.05) is 17.4 Å². The van der Waals surface area contributed by atoms with Crippen LogP contribution in [0.15, 0.2) is 28.7 Å². The lowest BCUT2D eigenvalue weighted by atomic mass is 10.3. The summed E-state index contributed by atoms with van der Waals surface area (Å²) in [7, 11) is 0. The van der Waals surface area contributed by atoms with Gasteiger partial charge >= 0.3 is 12.0 Å². The van der Waals surface area contributed by atoms with E-state index in [1.807, 2.05) is 31.2 Å². The lowest BCUT2D eigenvalue weighted by Crippen LogP contribution is -2.40. The Morgan fingerprint density at radius 2 is 1.95 bits per heavy atom. The number of urea groups is 1. The molecule has 1 atom stereocenters. The monoisotopic (exact) mass is 358 g/mol. The van der Waals surface area contributed by atoms with Crippen LogP contribution in [-0.2, 0) is 4.79 Å². The molecule has 21 heavy (non-hydrogen) atoms. The van der Waals surface area contributed by atoms with Gasteiger partial charge in [-0.25, -0.2) is 4.79 Å². The van der Waals surface area contributed by atoms with Crippen LogP contribution in [-0.4, -0.2) is 36.3 Å². The number of carboxylic acids is 1. The summed E-state index contributed by atoms with van der Waals surface area (Å²) < 4.78 is 6.61. The summed E-state index contributed by atoms with van der Waals surface area (Å²) in [6, 6.07) is 7.11. The van der Waals surface area contributed by atoms with E-state index in [9.17, 15) is 9.59 Å². The van der Waals surface area contributed by atoms with Crippen LogP contribution < -0.4 is 15.4 Å². The molecule has 1 aromatic rings. The Kier molecular flexibility index (Phi) is 7.60. The summed E-state index contributed by atoms with van der Waals surface area (Å²) in [4.78, 5) is 21.8. The Labute approximate surface area is 132 Å². The zero-order valence-electron chi connectivity index (χ0n) is 11.8. The van der Waals surface area contributed by atoms with Gasteiger partial charge in [0.25, 0.3) is 0 Å². The Hall–Kier alpha value is -1.76. The fourth-order valence-corrected chi connectivity index (χ4v) is 1.79. The highest BCUT2D eigenvalue weighted by molar-refractivity contribution is 9.10. The second kappa shape index (κ2) is 9.23. The number of carboxylic acid groups (broad SMARTS) is 1.